The SMILES string of the molecule is O=C1O[C@H](CO)C[C@H]1C1(Cl)c2c(Cl)cc(-c3ccccc3)c1c2F. The number of aliphatic hydroxyl groups is 1. The molecule has 2 aliphatic carbocycles. The van der Waals surface area contributed by atoms with Crippen LogP contribution in [0.25, 0.3) is 5.57 Å². The number of hydrogen-bond donors (Lipinski definition) is 1. The van der Waals surface area contributed by atoms with Gasteiger partial charge in [-0.15, -0.1) is 11.6 Å². The van der Waals surface area contributed by atoms with Gasteiger partial charge in [0, 0.05) is 22.6 Å². The molecule has 4 rings (SSSR count). The molecule has 2 bridgehead atoms. The lowest BCUT2D eigenvalue weighted by Gasteiger charge is -2.47. The van der Waals surface area contributed by atoms with Crippen molar-refractivity contribution in [1.82, 2.24) is 0 Å². The molecule has 1 aromatic carbocycles. The Bertz CT molecular complexity index is 822. The first kappa shape index (κ1) is 15.9. The number of rotatable bonds is 3. The Morgan fingerprint density at radius 1 is 1.29 bits per heavy atom. The number of ether oxygens (including phenoxy) is 1. The molecule has 1 N–H and O–H groups in total. The largest absolute Gasteiger partial charge is 0.460 e. The van der Waals surface area contributed by atoms with Crippen LogP contribution in [0.5, 0.6) is 0 Å². The van der Waals surface area contributed by atoms with Gasteiger partial charge in [-0.2, -0.15) is 0 Å². The molecule has 3 aliphatic rings. The van der Waals surface area contributed by atoms with E-state index in [4.69, 9.17) is 27.9 Å². The number of aliphatic hydroxyl groups excluding tert-OH is 1. The number of carbonyl (C=O) groups is 1. The van der Waals surface area contributed by atoms with Gasteiger partial charge in [0.2, 0.25) is 0 Å². The topological polar surface area (TPSA) is 46.5 Å². The number of esters is 1. The summed E-state index contributed by atoms with van der Waals surface area (Å²) in [5, 5.41) is 9.43. The first-order chi connectivity index (χ1) is 11.5. The maximum atomic E-state index is 14.7. The van der Waals surface area contributed by atoms with Crippen LogP contribution in [0.2, 0.25) is 0 Å². The Morgan fingerprint density at radius 3 is 2.58 bits per heavy atom. The second-order valence-electron chi connectivity index (χ2n) is 6.08. The first-order valence-corrected chi connectivity index (χ1v) is 8.32. The summed E-state index contributed by atoms with van der Waals surface area (Å²) in [5.74, 6) is -1.79. The molecule has 1 unspecified atom stereocenters. The van der Waals surface area contributed by atoms with Crippen molar-refractivity contribution in [3.63, 3.8) is 0 Å². The van der Waals surface area contributed by atoms with E-state index in [-0.39, 0.29) is 29.2 Å². The number of carbonyl (C=O) groups excluding carboxylic acids is 1. The fourth-order valence-corrected chi connectivity index (χ4v) is 4.59. The van der Waals surface area contributed by atoms with Crippen molar-refractivity contribution in [3.8, 4) is 0 Å². The molecule has 0 aromatic heterocycles. The van der Waals surface area contributed by atoms with Crippen LogP contribution in [0.1, 0.15) is 12.0 Å². The van der Waals surface area contributed by atoms with Crippen LogP contribution < -0.4 is 0 Å². The Labute approximate surface area is 148 Å². The van der Waals surface area contributed by atoms with Crippen LogP contribution in [0.4, 0.5) is 4.39 Å². The van der Waals surface area contributed by atoms with Gasteiger partial charge < -0.3 is 9.84 Å². The molecule has 1 aromatic rings. The summed E-state index contributed by atoms with van der Waals surface area (Å²) in [6.07, 6.45) is 1.28. The van der Waals surface area contributed by atoms with Crippen molar-refractivity contribution < 1.29 is 19.0 Å². The molecule has 1 saturated heterocycles. The number of hydrogen-bond acceptors (Lipinski definition) is 3. The molecule has 24 heavy (non-hydrogen) atoms. The van der Waals surface area contributed by atoms with E-state index in [1.54, 1.807) is 6.08 Å². The Hall–Kier alpha value is -1.62. The van der Waals surface area contributed by atoms with Crippen LogP contribution in [-0.2, 0) is 9.53 Å². The number of cyclic esters (lactones) is 1. The summed E-state index contributed by atoms with van der Waals surface area (Å²) >= 11 is 13.0. The van der Waals surface area contributed by atoms with E-state index < -0.39 is 28.7 Å². The summed E-state index contributed by atoms with van der Waals surface area (Å²) in [4.78, 5) is 10.9. The lowest BCUT2D eigenvalue weighted by atomic mass is 9.63. The smallest absolute Gasteiger partial charge is 0.311 e. The second kappa shape index (κ2) is 5.45. The molecule has 1 fully saturated rings. The van der Waals surface area contributed by atoms with Crippen molar-refractivity contribution >= 4 is 34.7 Å². The Kier molecular flexibility index (Phi) is 3.60. The quantitative estimate of drug-likeness (QED) is 0.655. The average molecular weight is 367 g/mol. The molecule has 3 nitrogen and oxygen atoms in total. The summed E-state index contributed by atoms with van der Waals surface area (Å²) in [7, 11) is 0. The lowest BCUT2D eigenvalue weighted by Crippen LogP contribution is -2.48. The number of allylic oxidation sites excluding steroid dienone is 6. The third-order valence-corrected chi connectivity index (χ3v) is 5.72. The van der Waals surface area contributed by atoms with Gasteiger partial charge in [0.05, 0.1) is 12.5 Å². The molecule has 1 heterocycles. The highest BCUT2D eigenvalue weighted by molar-refractivity contribution is 6.40. The predicted octanol–water partition coefficient (Wildman–Crippen LogP) is 3.72. The summed E-state index contributed by atoms with van der Waals surface area (Å²) in [6.45, 7) is -0.287. The highest BCUT2D eigenvalue weighted by Crippen LogP contribution is 2.64. The summed E-state index contributed by atoms with van der Waals surface area (Å²) < 4.78 is 19.8. The van der Waals surface area contributed by atoms with Crippen molar-refractivity contribution in [2.24, 2.45) is 5.92 Å². The van der Waals surface area contributed by atoms with Crippen molar-refractivity contribution in [3.05, 3.63) is 64.0 Å². The standard InChI is InChI=1S/C18H13Cl2FO3/c19-13-7-11(9-4-2-1-3-5-9)14-16(21)15(13)18(14,20)12-6-10(8-22)24-17(12)23/h1-5,7,10,12,22H,6,8H2/t10-,12+,18?/m0/s1. The maximum absolute atomic E-state index is 14.7. The van der Waals surface area contributed by atoms with E-state index in [9.17, 15) is 14.3 Å². The van der Waals surface area contributed by atoms with E-state index in [2.05, 4.69) is 0 Å². The van der Waals surface area contributed by atoms with Crippen LogP contribution in [0, 0.1) is 5.92 Å². The van der Waals surface area contributed by atoms with Crippen LogP contribution in [-0.4, -0.2) is 28.7 Å². The zero-order chi connectivity index (χ0) is 17.1. The van der Waals surface area contributed by atoms with Gasteiger partial charge in [-0.3, -0.25) is 4.79 Å². The van der Waals surface area contributed by atoms with E-state index >= 15 is 0 Å². The molecule has 0 spiro atoms. The van der Waals surface area contributed by atoms with E-state index in [1.165, 1.54) is 0 Å². The van der Waals surface area contributed by atoms with Gasteiger partial charge >= 0.3 is 5.97 Å². The third-order valence-electron chi connectivity index (χ3n) is 4.78. The number of benzene rings is 1. The van der Waals surface area contributed by atoms with Crippen molar-refractivity contribution in [1.29, 1.82) is 0 Å². The molecule has 0 radical (unpaired) electrons. The van der Waals surface area contributed by atoms with Crippen molar-refractivity contribution in [2.75, 3.05) is 6.61 Å². The molecular weight excluding hydrogens is 354 g/mol. The molecule has 124 valence electrons. The van der Waals surface area contributed by atoms with Gasteiger partial charge in [0.25, 0.3) is 0 Å². The Balaban J connectivity index is 1.81. The fourth-order valence-electron chi connectivity index (χ4n) is 3.65. The zero-order valence-electron chi connectivity index (χ0n) is 12.4. The van der Waals surface area contributed by atoms with Gasteiger partial charge in [-0.1, -0.05) is 41.9 Å². The highest BCUT2D eigenvalue weighted by Gasteiger charge is 2.63. The van der Waals surface area contributed by atoms with Gasteiger partial charge in [-0.05, 0) is 17.2 Å². The third kappa shape index (κ3) is 1.97. The zero-order valence-corrected chi connectivity index (χ0v) is 13.9. The normalized spacial score (nSPS) is 31.8. The summed E-state index contributed by atoms with van der Waals surface area (Å²) in [5.41, 5.74) is 1.76. The van der Waals surface area contributed by atoms with Crippen LogP contribution in [0.15, 0.2) is 58.4 Å². The minimum atomic E-state index is -1.35. The lowest BCUT2D eigenvalue weighted by molar-refractivity contribution is -0.145. The minimum Gasteiger partial charge on any atom is -0.460 e. The minimum absolute atomic E-state index is 0.140. The van der Waals surface area contributed by atoms with E-state index in [0.717, 1.165) is 5.56 Å². The van der Waals surface area contributed by atoms with E-state index in [0.29, 0.717) is 5.57 Å². The predicted molar refractivity (Wildman–Crippen MR) is 89.1 cm³/mol. The van der Waals surface area contributed by atoms with Crippen LogP contribution >= 0.6 is 23.2 Å². The van der Waals surface area contributed by atoms with E-state index in [1.807, 2.05) is 30.3 Å². The second-order valence-corrected chi connectivity index (χ2v) is 7.08. The molecule has 1 aliphatic heterocycles. The summed E-state index contributed by atoms with van der Waals surface area (Å²) in [6, 6.07) is 9.19. The highest BCUT2D eigenvalue weighted by atomic mass is 35.5. The van der Waals surface area contributed by atoms with Crippen LogP contribution in [0.3, 0.4) is 0 Å². The average Bonchev–Trinajstić information content (AvgIpc) is 2.96. The molecule has 0 amide bonds. The maximum Gasteiger partial charge on any atom is 0.311 e. The molecule has 6 heteroatoms. The van der Waals surface area contributed by atoms with Gasteiger partial charge in [0.1, 0.15) is 16.8 Å². The molecular formula is C18H13Cl2FO3. The van der Waals surface area contributed by atoms with Crippen molar-refractivity contribution in [2.45, 2.75) is 17.4 Å². The monoisotopic (exact) mass is 366 g/mol. The first-order valence-electron chi connectivity index (χ1n) is 7.57. The molecule has 3 atom stereocenters. The number of alkyl halides is 1. The number of fused-ring (bicyclic) bond motifs is 2. The fraction of sp³-hybridized carbons (Fsp3) is 0.278. The number of halogens is 3. The molecule has 0 saturated carbocycles. The van der Waals surface area contributed by atoms with Gasteiger partial charge in [-0.25, -0.2) is 4.39 Å². The van der Waals surface area contributed by atoms with Gasteiger partial charge in [0.15, 0.2) is 0 Å². The Morgan fingerprint density at radius 2 is 2.00 bits per heavy atom.